The van der Waals surface area contributed by atoms with Gasteiger partial charge in [-0.05, 0) is 12.5 Å². The molecular formula is C20H22O6. The zero-order chi connectivity index (χ0) is 20.1. The van der Waals surface area contributed by atoms with Crippen molar-refractivity contribution in [2.24, 2.45) is 5.92 Å². The molecule has 0 fully saturated rings. The van der Waals surface area contributed by atoms with Crippen molar-refractivity contribution in [3.63, 3.8) is 0 Å². The summed E-state index contributed by atoms with van der Waals surface area (Å²) in [5.74, 6) is -3.11. The normalized spacial score (nSPS) is 11.3. The van der Waals surface area contributed by atoms with Crippen molar-refractivity contribution >= 4 is 24.0 Å². The van der Waals surface area contributed by atoms with E-state index in [-0.39, 0.29) is 11.1 Å². The second-order valence-electron chi connectivity index (χ2n) is 5.10. The highest BCUT2D eigenvalue weighted by molar-refractivity contribution is 5.90. The first-order valence-electron chi connectivity index (χ1n) is 7.49. The molecule has 1 atom stereocenters. The molecule has 0 saturated heterocycles. The zero-order valence-corrected chi connectivity index (χ0v) is 14.7. The summed E-state index contributed by atoms with van der Waals surface area (Å²) in [7, 11) is 1.26. The predicted molar refractivity (Wildman–Crippen MR) is 99.3 cm³/mol. The Kier molecular flexibility index (Phi) is 10.4. The largest absolute Gasteiger partial charge is 0.478 e. The average Bonchev–Trinajstić information content (AvgIpc) is 2.61. The molecule has 0 aliphatic rings. The number of carbonyl (C=O) groups is 3. The Hall–Kier alpha value is -3.41. The molecule has 138 valence electrons. The fourth-order valence-electron chi connectivity index (χ4n) is 1.53. The van der Waals surface area contributed by atoms with Crippen molar-refractivity contribution in [2.45, 2.75) is 6.92 Å². The van der Waals surface area contributed by atoms with Gasteiger partial charge in [-0.15, -0.1) is 0 Å². The van der Waals surface area contributed by atoms with E-state index in [0.29, 0.717) is 0 Å². The predicted octanol–water partition coefficient (Wildman–Crippen LogP) is 3.33. The van der Waals surface area contributed by atoms with Crippen LogP contribution in [0.1, 0.15) is 12.5 Å². The molecule has 1 aromatic rings. The van der Waals surface area contributed by atoms with Gasteiger partial charge in [0.1, 0.15) is 0 Å². The second-order valence-corrected chi connectivity index (χ2v) is 5.10. The van der Waals surface area contributed by atoms with E-state index in [2.05, 4.69) is 17.9 Å². The lowest BCUT2D eigenvalue weighted by Crippen LogP contribution is -2.10. The number of aliphatic carboxylic acids is 2. The van der Waals surface area contributed by atoms with Gasteiger partial charge >= 0.3 is 17.9 Å². The highest BCUT2D eigenvalue weighted by Gasteiger charge is 2.14. The molecule has 0 amide bonds. The van der Waals surface area contributed by atoms with Crippen LogP contribution in [-0.4, -0.2) is 35.2 Å². The number of rotatable bonds is 7. The SMILES string of the molecule is C=C(C(=O)OC)C(C=CC(=O)O)C=Cc1ccccc1.C=C(C)C(=O)O. The lowest BCUT2D eigenvalue weighted by atomic mass is 9.98. The average molecular weight is 358 g/mol. The maximum atomic E-state index is 11.5. The van der Waals surface area contributed by atoms with E-state index in [9.17, 15) is 14.4 Å². The first-order valence-corrected chi connectivity index (χ1v) is 7.49. The molecule has 2 N–H and O–H groups in total. The first-order chi connectivity index (χ1) is 12.2. The number of allylic oxidation sites excluding steroid dienone is 2. The van der Waals surface area contributed by atoms with Crippen molar-refractivity contribution in [1.82, 2.24) is 0 Å². The summed E-state index contributed by atoms with van der Waals surface area (Å²) in [6, 6.07) is 9.46. The van der Waals surface area contributed by atoms with Crippen LogP contribution in [0.3, 0.4) is 0 Å². The third kappa shape index (κ3) is 9.67. The van der Waals surface area contributed by atoms with Gasteiger partial charge in [-0.1, -0.05) is 61.7 Å². The minimum absolute atomic E-state index is 0.176. The standard InChI is InChI=1S/C16H16O4.C4H6O2/c1-12(16(19)20-2)14(10-11-15(17)18)9-8-13-6-4-3-5-7-13;1-3(2)4(5)6/h3-11,14H,1H2,2H3,(H,17,18);1H2,2H3,(H,5,6). The fraction of sp³-hybridized carbons (Fsp3) is 0.150. The number of ether oxygens (including phenoxy) is 1. The van der Waals surface area contributed by atoms with Crippen LogP contribution in [0.2, 0.25) is 0 Å². The molecule has 0 heterocycles. The minimum Gasteiger partial charge on any atom is -0.478 e. The molecule has 0 aromatic heterocycles. The van der Waals surface area contributed by atoms with Crippen LogP contribution in [-0.2, 0) is 19.1 Å². The Bertz CT molecular complexity index is 701. The van der Waals surface area contributed by atoms with Crippen LogP contribution >= 0.6 is 0 Å². The molecule has 1 rings (SSSR count). The van der Waals surface area contributed by atoms with Crippen LogP contribution in [0.25, 0.3) is 6.08 Å². The van der Waals surface area contributed by atoms with Gasteiger partial charge in [0, 0.05) is 23.1 Å². The van der Waals surface area contributed by atoms with Gasteiger partial charge < -0.3 is 14.9 Å². The van der Waals surface area contributed by atoms with Crippen molar-refractivity contribution in [3.8, 4) is 0 Å². The molecule has 0 radical (unpaired) electrons. The van der Waals surface area contributed by atoms with Gasteiger partial charge in [-0.2, -0.15) is 0 Å². The number of carboxylic acid groups (broad SMARTS) is 2. The van der Waals surface area contributed by atoms with Crippen molar-refractivity contribution in [1.29, 1.82) is 0 Å². The molecule has 0 aliphatic carbocycles. The number of esters is 1. The highest BCUT2D eigenvalue weighted by atomic mass is 16.5. The summed E-state index contributed by atoms with van der Waals surface area (Å²) in [5, 5.41) is 16.6. The van der Waals surface area contributed by atoms with E-state index in [1.807, 2.05) is 30.3 Å². The molecule has 6 nitrogen and oxygen atoms in total. The smallest absolute Gasteiger partial charge is 0.334 e. The number of hydrogen-bond acceptors (Lipinski definition) is 4. The topological polar surface area (TPSA) is 101 Å². The molecule has 0 aliphatic heterocycles. The molecular weight excluding hydrogens is 336 g/mol. The van der Waals surface area contributed by atoms with Crippen molar-refractivity contribution in [2.75, 3.05) is 7.11 Å². The minimum atomic E-state index is -1.08. The molecule has 26 heavy (non-hydrogen) atoms. The highest BCUT2D eigenvalue weighted by Crippen LogP contribution is 2.16. The second kappa shape index (κ2) is 12.0. The Morgan fingerprint density at radius 3 is 2.04 bits per heavy atom. The quantitative estimate of drug-likeness (QED) is 0.573. The third-order valence-corrected chi connectivity index (χ3v) is 2.96. The number of carbonyl (C=O) groups excluding carboxylic acids is 1. The van der Waals surface area contributed by atoms with E-state index < -0.39 is 23.8 Å². The molecule has 0 bridgehead atoms. The Balaban J connectivity index is 0.000000896. The Labute approximate surface area is 152 Å². The lowest BCUT2D eigenvalue weighted by molar-refractivity contribution is -0.136. The number of carboxylic acids is 2. The van der Waals surface area contributed by atoms with Gasteiger partial charge in [0.05, 0.1) is 7.11 Å². The maximum absolute atomic E-state index is 11.5. The zero-order valence-electron chi connectivity index (χ0n) is 14.7. The maximum Gasteiger partial charge on any atom is 0.334 e. The molecule has 1 aromatic carbocycles. The van der Waals surface area contributed by atoms with Crippen LogP contribution in [0.15, 0.2) is 72.9 Å². The van der Waals surface area contributed by atoms with Crippen LogP contribution in [0.5, 0.6) is 0 Å². The van der Waals surface area contributed by atoms with E-state index in [0.717, 1.165) is 11.6 Å². The first kappa shape index (κ1) is 22.6. The summed E-state index contributed by atoms with van der Waals surface area (Å²) in [5.41, 5.74) is 1.30. The third-order valence-electron chi connectivity index (χ3n) is 2.96. The van der Waals surface area contributed by atoms with E-state index in [1.165, 1.54) is 20.1 Å². The van der Waals surface area contributed by atoms with Crippen LogP contribution < -0.4 is 0 Å². The van der Waals surface area contributed by atoms with Gasteiger partial charge in [0.25, 0.3) is 0 Å². The number of methoxy groups -OCH3 is 1. The lowest BCUT2D eigenvalue weighted by Gasteiger charge is -2.09. The van der Waals surface area contributed by atoms with E-state index in [1.54, 1.807) is 12.2 Å². The van der Waals surface area contributed by atoms with Crippen LogP contribution in [0, 0.1) is 5.92 Å². The molecule has 6 heteroatoms. The molecule has 0 spiro atoms. The van der Waals surface area contributed by atoms with Crippen molar-refractivity contribution < 1.29 is 29.3 Å². The van der Waals surface area contributed by atoms with Crippen LogP contribution in [0.4, 0.5) is 0 Å². The summed E-state index contributed by atoms with van der Waals surface area (Å²) in [4.78, 5) is 31.7. The van der Waals surface area contributed by atoms with Crippen molar-refractivity contribution in [3.05, 3.63) is 78.4 Å². The summed E-state index contributed by atoms with van der Waals surface area (Å²) < 4.78 is 4.60. The van der Waals surface area contributed by atoms with E-state index >= 15 is 0 Å². The van der Waals surface area contributed by atoms with Gasteiger partial charge in [0.15, 0.2) is 0 Å². The molecule has 1 unspecified atom stereocenters. The monoisotopic (exact) mass is 358 g/mol. The summed E-state index contributed by atoms with van der Waals surface area (Å²) in [6.07, 6.45) is 5.87. The van der Waals surface area contributed by atoms with E-state index in [4.69, 9.17) is 10.2 Å². The number of hydrogen-bond donors (Lipinski definition) is 2. The van der Waals surface area contributed by atoms with Gasteiger partial charge in [0.2, 0.25) is 0 Å². The number of benzene rings is 1. The van der Waals surface area contributed by atoms with Gasteiger partial charge in [-0.25, -0.2) is 14.4 Å². The summed E-state index contributed by atoms with van der Waals surface area (Å²) in [6.45, 7) is 8.25. The Morgan fingerprint density at radius 1 is 1.08 bits per heavy atom. The Morgan fingerprint density at radius 2 is 1.62 bits per heavy atom. The van der Waals surface area contributed by atoms with Gasteiger partial charge in [-0.3, -0.25) is 0 Å². The molecule has 0 saturated carbocycles. The summed E-state index contributed by atoms with van der Waals surface area (Å²) >= 11 is 0. The fourth-order valence-corrected chi connectivity index (χ4v) is 1.53.